The zero-order valence-corrected chi connectivity index (χ0v) is 13.6. The smallest absolute Gasteiger partial charge is 0.361 e. The van der Waals surface area contributed by atoms with Gasteiger partial charge < -0.3 is 14.5 Å². The Bertz CT molecular complexity index is 564. The molecule has 1 aromatic carbocycles. The van der Waals surface area contributed by atoms with Crippen LogP contribution in [0.5, 0.6) is 11.5 Å². The van der Waals surface area contributed by atoms with E-state index in [0.29, 0.717) is 11.4 Å². The van der Waals surface area contributed by atoms with Gasteiger partial charge in [0.25, 0.3) is 0 Å². The van der Waals surface area contributed by atoms with Gasteiger partial charge in [0.1, 0.15) is 17.2 Å². The van der Waals surface area contributed by atoms with E-state index >= 15 is 0 Å². The van der Waals surface area contributed by atoms with Crippen molar-refractivity contribution in [1.29, 1.82) is 0 Å². The summed E-state index contributed by atoms with van der Waals surface area (Å²) in [6, 6.07) is 7.08. The lowest BCUT2D eigenvalue weighted by atomic mass is 10.1. The number of carbonyl (C=O) groups is 1. The molecule has 0 radical (unpaired) electrons. The van der Waals surface area contributed by atoms with Gasteiger partial charge in [-0.2, -0.15) is 0 Å². The van der Waals surface area contributed by atoms with Crippen LogP contribution in [0, 0.1) is 0 Å². The molecule has 0 unspecified atom stereocenters. The first-order chi connectivity index (χ1) is 11.3. The van der Waals surface area contributed by atoms with Crippen molar-refractivity contribution in [1.82, 2.24) is 9.97 Å². The first-order valence-corrected chi connectivity index (χ1v) is 8.23. The number of aromatic amines is 1. The topological polar surface area (TPSA) is 64.2 Å². The largest absolute Gasteiger partial charge is 0.494 e. The van der Waals surface area contributed by atoms with Gasteiger partial charge >= 0.3 is 5.97 Å². The molecule has 0 amide bonds. The normalized spacial score (nSPS) is 10.5. The number of aromatic nitrogens is 2. The van der Waals surface area contributed by atoms with Gasteiger partial charge in [0.2, 0.25) is 0 Å². The molecule has 1 heterocycles. The molecule has 0 aliphatic rings. The van der Waals surface area contributed by atoms with E-state index in [0.717, 1.165) is 18.8 Å². The Morgan fingerprint density at radius 2 is 1.74 bits per heavy atom. The summed E-state index contributed by atoms with van der Waals surface area (Å²) in [6.07, 6.45) is 10.3. The van der Waals surface area contributed by atoms with Crippen LogP contribution in [0.15, 0.2) is 36.8 Å². The van der Waals surface area contributed by atoms with E-state index in [1.807, 2.05) is 12.1 Å². The van der Waals surface area contributed by atoms with Crippen molar-refractivity contribution < 1.29 is 14.3 Å². The minimum atomic E-state index is -0.455. The first kappa shape index (κ1) is 17.1. The van der Waals surface area contributed by atoms with Crippen LogP contribution in [0.4, 0.5) is 0 Å². The maximum atomic E-state index is 11.8. The van der Waals surface area contributed by atoms with Crippen LogP contribution < -0.4 is 9.47 Å². The van der Waals surface area contributed by atoms with Crippen molar-refractivity contribution in [2.45, 2.75) is 45.4 Å². The molecule has 1 N–H and O–H groups in total. The van der Waals surface area contributed by atoms with Gasteiger partial charge in [-0.15, -0.1) is 0 Å². The lowest BCUT2D eigenvalue weighted by Gasteiger charge is -2.07. The molecule has 0 aliphatic carbocycles. The summed E-state index contributed by atoms with van der Waals surface area (Å²) < 4.78 is 10.9. The van der Waals surface area contributed by atoms with Crippen molar-refractivity contribution in [2.24, 2.45) is 0 Å². The summed E-state index contributed by atoms with van der Waals surface area (Å²) in [5, 5.41) is 0. The predicted octanol–water partition coefficient (Wildman–Crippen LogP) is 4.37. The monoisotopic (exact) mass is 316 g/mol. The second-order valence-electron chi connectivity index (χ2n) is 5.44. The fourth-order valence-corrected chi connectivity index (χ4v) is 2.21. The number of benzene rings is 1. The van der Waals surface area contributed by atoms with Crippen molar-refractivity contribution in [3.63, 3.8) is 0 Å². The molecule has 0 fully saturated rings. The van der Waals surface area contributed by atoms with Crippen LogP contribution >= 0.6 is 0 Å². The average molecular weight is 316 g/mol. The van der Waals surface area contributed by atoms with Gasteiger partial charge in [0.15, 0.2) is 0 Å². The van der Waals surface area contributed by atoms with Gasteiger partial charge in [-0.05, 0) is 30.7 Å². The molecule has 0 aliphatic heterocycles. The zero-order valence-electron chi connectivity index (χ0n) is 13.6. The Hall–Kier alpha value is -2.30. The van der Waals surface area contributed by atoms with Gasteiger partial charge in [-0.3, -0.25) is 0 Å². The maximum Gasteiger partial charge on any atom is 0.361 e. The zero-order chi connectivity index (χ0) is 16.3. The highest BCUT2D eigenvalue weighted by Crippen LogP contribution is 2.19. The number of H-pyrrole nitrogens is 1. The van der Waals surface area contributed by atoms with Gasteiger partial charge in [0, 0.05) is 0 Å². The summed E-state index contributed by atoms with van der Waals surface area (Å²) >= 11 is 0. The van der Waals surface area contributed by atoms with Crippen LogP contribution in [-0.4, -0.2) is 22.5 Å². The molecule has 1 aromatic heterocycles. The van der Waals surface area contributed by atoms with E-state index in [4.69, 9.17) is 9.47 Å². The molecule has 5 heteroatoms. The SMILES string of the molecule is CCCCCCCCOc1ccc(OC(=O)c2cnc[nH]2)cc1. The summed E-state index contributed by atoms with van der Waals surface area (Å²) in [5.74, 6) is 0.819. The molecule has 5 nitrogen and oxygen atoms in total. The van der Waals surface area contributed by atoms with Crippen molar-refractivity contribution >= 4 is 5.97 Å². The van der Waals surface area contributed by atoms with Crippen LogP contribution in [-0.2, 0) is 0 Å². The van der Waals surface area contributed by atoms with Crippen LogP contribution in [0.3, 0.4) is 0 Å². The molecule has 0 bridgehead atoms. The summed E-state index contributed by atoms with van der Waals surface area (Å²) in [4.78, 5) is 18.3. The second kappa shape index (κ2) is 9.66. The van der Waals surface area contributed by atoms with Gasteiger partial charge in [0.05, 0.1) is 19.1 Å². The molecular weight excluding hydrogens is 292 g/mol. The maximum absolute atomic E-state index is 11.8. The average Bonchev–Trinajstić information content (AvgIpc) is 3.10. The molecule has 0 spiro atoms. The Kier molecular flexibility index (Phi) is 7.17. The van der Waals surface area contributed by atoms with Gasteiger partial charge in [-0.25, -0.2) is 9.78 Å². The number of esters is 1. The number of imidazole rings is 1. The number of ether oxygens (including phenoxy) is 2. The van der Waals surface area contributed by atoms with E-state index in [-0.39, 0.29) is 0 Å². The molecule has 0 atom stereocenters. The Morgan fingerprint density at radius 3 is 2.43 bits per heavy atom. The highest BCUT2D eigenvalue weighted by Gasteiger charge is 2.09. The van der Waals surface area contributed by atoms with Crippen LogP contribution in [0.25, 0.3) is 0 Å². The molecule has 23 heavy (non-hydrogen) atoms. The Balaban J connectivity index is 1.67. The quantitative estimate of drug-likeness (QED) is 0.401. The Labute approximate surface area is 137 Å². The fourth-order valence-electron chi connectivity index (χ4n) is 2.21. The third-order valence-corrected chi connectivity index (χ3v) is 3.52. The molecule has 0 saturated carbocycles. The molecule has 124 valence electrons. The van der Waals surface area contributed by atoms with E-state index < -0.39 is 5.97 Å². The highest BCUT2D eigenvalue weighted by atomic mass is 16.5. The number of hydrogen-bond acceptors (Lipinski definition) is 4. The lowest BCUT2D eigenvalue weighted by Crippen LogP contribution is -2.08. The second-order valence-corrected chi connectivity index (χ2v) is 5.44. The minimum absolute atomic E-state index is 0.327. The number of rotatable bonds is 10. The molecule has 2 rings (SSSR count). The summed E-state index contributed by atoms with van der Waals surface area (Å²) in [6.45, 7) is 2.94. The number of carbonyl (C=O) groups excluding carboxylic acids is 1. The standard InChI is InChI=1S/C18H24N2O3/c1-2-3-4-5-6-7-12-22-15-8-10-16(11-9-15)23-18(21)17-13-19-14-20-17/h8-11,13-14H,2-7,12H2,1H3,(H,19,20). The predicted molar refractivity (Wildman–Crippen MR) is 88.9 cm³/mol. The minimum Gasteiger partial charge on any atom is -0.494 e. The van der Waals surface area contributed by atoms with Crippen LogP contribution in [0.2, 0.25) is 0 Å². The van der Waals surface area contributed by atoms with E-state index in [1.54, 1.807) is 12.1 Å². The Morgan fingerprint density at radius 1 is 1.04 bits per heavy atom. The number of unbranched alkanes of at least 4 members (excludes halogenated alkanes) is 5. The first-order valence-electron chi connectivity index (χ1n) is 8.23. The van der Waals surface area contributed by atoms with E-state index in [2.05, 4.69) is 16.9 Å². The molecular formula is C18H24N2O3. The van der Waals surface area contributed by atoms with Crippen molar-refractivity contribution in [2.75, 3.05) is 6.61 Å². The summed E-state index contributed by atoms with van der Waals surface area (Å²) in [7, 11) is 0. The number of hydrogen-bond donors (Lipinski definition) is 1. The van der Waals surface area contributed by atoms with Crippen molar-refractivity contribution in [3.05, 3.63) is 42.5 Å². The lowest BCUT2D eigenvalue weighted by molar-refractivity contribution is 0.0729. The van der Waals surface area contributed by atoms with E-state index in [9.17, 15) is 4.79 Å². The third kappa shape index (κ3) is 6.14. The number of nitrogens with one attached hydrogen (secondary N) is 1. The highest BCUT2D eigenvalue weighted by molar-refractivity contribution is 5.88. The third-order valence-electron chi connectivity index (χ3n) is 3.52. The number of nitrogens with zero attached hydrogens (tertiary/aromatic N) is 1. The fraction of sp³-hybridized carbons (Fsp3) is 0.444. The molecule has 0 saturated heterocycles. The van der Waals surface area contributed by atoms with Gasteiger partial charge in [-0.1, -0.05) is 39.0 Å². The van der Waals surface area contributed by atoms with E-state index in [1.165, 1.54) is 44.6 Å². The van der Waals surface area contributed by atoms with Crippen molar-refractivity contribution in [3.8, 4) is 11.5 Å². The van der Waals surface area contributed by atoms with Crippen LogP contribution in [0.1, 0.15) is 55.9 Å². The molecule has 2 aromatic rings. The summed E-state index contributed by atoms with van der Waals surface area (Å²) in [5.41, 5.74) is 0.327.